The number of carbonyl (C=O) groups is 1. The van der Waals surface area contributed by atoms with E-state index in [0.717, 1.165) is 17.9 Å². The van der Waals surface area contributed by atoms with Crippen molar-refractivity contribution < 1.29 is 9.53 Å². The summed E-state index contributed by atoms with van der Waals surface area (Å²) >= 11 is 0. The van der Waals surface area contributed by atoms with Crippen molar-refractivity contribution in [3.8, 4) is 5.75 Å². The van der Waals surface area contributed by atoms with Gasteiger partial charge in [0.2, 0.25) is 0 Å². The Morgan fingerprint density at radius 1 is 1.50 bits per heavy atom. The standard InChI is InChI=1S/C16H24N2O2/c1-5-9-18-16(19)11-20-15-8-7-12(3)10-14(15)13(4)17-6-2/h5,7-8,10,13,17H,1,6,9,11H2,2-4H3,(H,18,19). The molecule has 110 valence electrons. The maximum Gasteiger partial charge on any atom is 0.258 e. The first-order valence-electron chi connectivity index (χ1n) is 6.92. The Balaban J connectivity index is 2.73. The summed E-state index contributed by atoms with van der Waals surface area (Å²) in [6.07, 6.45) is 1.64. The van der Waals surface area contributed by atoms with Crippen LogP contribution in [0.5, 0.6) is 5.75 Å². The zero-order valence-electron chi connectivity index (χ0n) is 12.5. The van der Waals surface area contributed by atoms with Gasteiger partial charge in [-0.2, -0.15) is 0 Å². The Morgan fingerprint density at radius 2 is 2.25 bits per heavy atom. The molecule has 2 N–H and O–H groups in total. The molecule has 0 aliphatic rings. The highest BCUT2D eigenvalue weighted by Gasteiger charge is 2.12. The molecule has 20 heavy (non-hydrogen) atoms. The minimum atomic E-state index is -0.146. The van der Waals surface area contributed by atoms with Crippen molar-refractivity contribution in [1.29, 1.82) is 0 Å². The molecule has 0 aliphatic heterocycles. The molecule has 1 aromatic carbocycles. The van der Waals surface area contributed by atoms with Crippen molar-refractivity contribution in [2.24, 2.45) is 0 Å². The van der Waals surface area contributed by atoms with Crippen LogP contribution in [0.1, 0.15) is 31.0 Å². The first-order valence-corrected chi connectivity index (χ1v) is 6.92. The van der Waals surface area contributed by atoms with Crippen molar-refractivity contribution >= 4 is 5.91 Å². The normalized spacial score (nSPS) is 11.8. The minimum Gasteiger partial charge on any atom is -0.483 e. The molecular weight excluding hydrogens is 252 g/mol. The molecule has 0 spiro atoms. The van der Waals surface area contributed by atoms with Gasteiger partial charge in [0, 0.05) is 18.2 Å². The molecule has 1 amide bonds. The van der Waals surface area contributed by atoms with Crippen LogP contribution in [0.15, 0.2) is 30.9 Å². The van der Waals surface area contributed by atoms with Gasteiger partial charge in [0.05, 0.1) is 0 Å². The lowest BCUT2D eigenvalue weighted by molar-refractivity contribution is -0.122. The van der Waals surface area contributed by atoms with Gasteiger partial charge in [-0.1, -0.05) is 30.7 Å². The third-order valence-corrected chi connectivity index (χ3v) is 2.94. The van der Waals surface area contributed by atoms with Gasteiger partial charge in [-0.25, -0.2) is 0 Å². The molecule has 1 aromatic rings. The van der Waals surface area contributed by atoms with Crippen molar-refractivity contribution in [1.82, 2.24) is 10.6 Å². The molecule has 4 heteroatoms. The van der Waals surface area contributed by atoms with Crippen LogP contribution in [-0.2, 0) is 4.79 Å². The molecular formula is C16H24N2O2. The second-order valence-electron chi connectivity index (χ2n) is 4.70. The number of rotatable bonds is 8. The average Bonchev–Trinajstić information content (AvgIpc) is 2.43. The summed E-state index contributed by atoms with van der Waals surface area (Å²) in [5.74, 6) is 0.602. The Bertz CT molecular complexity index is 458. The SMILES string of the molecule is C=CCNC(=O)COc1ccc(C)cc1C(C)NCC. The van der Waals surface area contributed by atoms with Crippen LogP contribution in [0.3, 0.4) is 0 Å². The van der Waals surface area contributed by atoms with Crippen LogP contribution >= 0.6 is 0 Å². The van der Waals surface area contributed by atoms with Crippen molar-refractivity contribution in [3.63, 3.8) is 0 Å². The molecule has 1 unspecified atom stereocenters. The average molecular weight is 276 g/mol. The number of hydrogen-bond donors (Lipinski definition) is 2. The summed E-state index contributed by atoms with van der Waals surface area (Å²) in [4.78, 5) is 11.5. The lowest BCUT2D eigenvalue weighted by Gasteiger charge is -2.18. The molecule has 0 saturated heterocycles. The monoisotopic (exact) mass is 276 g/mol. The maximum atomic E-state index is 11.5. The number of benzene rings is 1. The third-order valence-electron chi connectivity index (χ3n) is 2.94. The fourth-order valence-corrected chi connectivity index (χ4v) is 1.93. The minimum absolute atomic E-state index is 0.0166. The molecule has 1 rings (SSSR count). The predicted molar refractivity (Wildman–Crippen MR) is 82.0 cm³/mol. The molecule has 0 heterocycles. The summed E-state index contributed by atoms with van der Waals surface area (Å²) in [5, 5.41) is 6.05. The Morgan fingerprint density at radius 3 is 2.90 bits per heavy atom. The van der Waals surface area contributed by atoms with Gasteiger partial charge < -0.3 is 15.4 Å². The molecule has 4 nitrogen and oxygen atoms in total. The van der Waals surface area contributed by atoms with Crippen LogP contribution in [0.4, 0.5) is 0 Å². The molecule has 0 radical (unpaired) electrons. The second-order valence-corrected chi connectivity index (χ2v) is 4.70. The first kappa shape index (κ1) is 16.2. The first-order chi connectivity index (χ1) is 9.58. The molecule has 0 aliphatic carbocycles. The second kappa shape index (κ2) is 8.38. The van der Waals surface area contributed by atoms with Gasteiger partial charge in [-0.3, -0.25) is 4.79 Å². The van der Waals surface area contributed by atoms with Gasteiger partial charge in [0.25, 0.3) is 5.91 Å². The van der Waals surface area contributed by atoms with E-state index < -0.39 is 0 Å². The van der Waals surface area contributed by atoms with Crippen LogP contribution in [0, 0.1) is 6.92 Å². The summed E-state index contributed by atoms with van der Waals surface area (Å²) in [5.41, 5.74) is 2.25. The number of hydrogen-bond acceptors (Lipinski definition) is 3. The number of aryl methyl sites for hydroxylation is 1. The van der Waals surface area contributed by atoms with Crippen LogP contribution in [0.25, 0.3) is 0 Å². The largest absolute Gasteiger partial charge is 0.483 e. The molecule has 0 aromatic heterocycles. The van der Waals surface area contributed by atoms with Crippen LogP contribution in [0.2, 0.25) is 0 Å². The van der Waals surface area contributed by atoms with E-state index >= 15 is 0 Å². The maximum absolute atomic E-state index is 11.5. The van der Waals surface area contributed by atoms with E-state index in [-0.39, 0.29) is 18.6 Å². The highest BCUT2D eigenvalue weighted by atomic mass is 16.5. The fourth-order valence-electron chi connectivity index (χ4n) is 1.93. The number of amides is 1. The summed E-state index contributed by atoms with van der Waals surface area (Å²) in [6.45, 7) is 11.1. The van der Waals surface area contributed by atoms with Gasteiger partial charge >= 0.3 is 0 Å². The van der Waals surface area contributed by atoms with Crippen LogP contribution in [-0.4, -0.2) is 25.6 Å². The summed E-state index contributed by atoms with van der Waals surface area (Å²) in [7, 11) is 0. The zero-order valence-corrected chi connectivity index (χ0v) is 12.5. The molecule has 0 fully saturated rings. The topological polar surface area (TPSA) is 50.4 Å². The smallest absolute Gasteiger partial charge is 0.258 e. The zero-order chi connectivity index (χ0) is 15.0. The lowest BCUT2D eigenvalue weighted by Crippen LogP contribution is -2.29. The van der Waals surface area contributed by atoms with Gasteiger partial charge in [0.1, 0.15) is 5.75 Å². The van der Waals surface area contributed by atoms with E-state index in [1.165, 1.54) is 5.56 Å². The quantitative estimate of drug-likeness (QED) is 0.717. The molecule has 1 atom stereocenters. The van der Waals surface area contributed by atoms with Crippen molar-refractivity contribution in [2.45, 2.75) is 26.8 Å². The number of carbonyl (C=O) groups excluding carboxylic acids is 1. The van der Waals surface area contributed by atoms with Gasteiger partial charge in [-0.15, -0.1) is 6.58 Å². The van der Waals surface area contributed by atoms with E-state index in [1.54, 1.807) is 6.08 Å². The van der Waals surface area contributed by atoms with E-state index in [2.05, 4.69) is 37.1 Å². The van der Waals surface area contributed by atoms with Crippen molar-refractivity contribution in [2.75, 3.05) is 19.7 Å². The van der Waals surface area contributed by atoms with E-state index in [0.29, 0.717) is 6.54 Å². The van der Waals surface area contributed by atoms with E-state index in [4.69, 9.17) is 4.74 Å². The van der Waals surface area contributed by atoms with Gasteiger partial charge in [-0.05, 0) is 26.5 Å². The summed E-state index contributed by atoms with van der Waals surface area (Å²) < 4.78 is 5.63. The highest BCUT2D eigenvalue weighted by molar-refractivity contribution is 5.77. The predicted octanol–water partition coefficient (Wildman–Crippen LogP) is 2.35. The third kappa shape index (κ3) is 5.05. The number of ether oxygens (including phenoxy) is 1. The lowest BCUT2D eigenvalue weighted by atomic mass is 10.0. The molecule has 0 saturated carbocycles. The number of nitrogens with one attached hydrogen (secondary N) is 2. The highest BCUT2D eigenvalue weighted by Crippen LogP contribution is 2.26. The van der Waals surface area contributed by atoms with Crippen molar-refractivity contribution in [3.05, 3.63) is 42.0 Å². The Labute approximate surface area is 121 Å². The van der Waals surface area contributed by atoms with E-state index in [1.807, 2.05) is 19.1 Å². The van der Waals surface area contributed by atoms with Gasteiger partial charge in [0.15, 0.2) is 6.61 Å². The molecule has 0 bridgehead atoms. The van der Waals surface area contributed by atoms with E-state index in [9.17, 15) is 4.79 Å². The van der Waals surface area contributed by atoms with Crippen LogP contribution < -0.4 is 15.4 Å². The Kier molecular flexibility index (Phi) is 6.81. The summed E-state index contributed by atoms with van der Waals surface area (Å²) in [6, 6.07) is 6.18. The fraction of sp³-hybridized carbons (Fsp3) is 0.438. The Hall–Kier alpha value is -1.81.